The minimum atomic E-state index is -0.494. The van der Waals surface area contributed by atoms with Crippen LogP contribution in [0.5, 0.6) is 0 Å². The first kappa shape index (κ1) is 20.5. The zero-order chi connectivity index (χ0) is 17.2. The van der Waals surface area contributed by atoms with Gasteiger partial charge in [0.2, 0.25) is 0 Å². The molecule has 6 heteroatoms. The molecule has 130 valence electrons. The largest absolute Gasteiger partial charge is 0.444 e. The van der Waals surface area contributed by atoms with Crippen molar-refractivity contribution < 1.29 is 9.53 Å². The van der Waals surface area contributed by atoms with Crippen molar-refractivity contribution in [1.82, 2.24) is 16.0 Å². The quantitative estimate of drug-likeness (QED) is 0.498. The molecule has 0 rings (SSSR count). The summed E-state index contributed by atoms with van der Waals surface area (Å²) >= 11 is 0. The van der Waals surface area contributed by atoms with Crippen molar-refractivity contribution in [1.29, 1.82) is 0 Å². The topological polar surface area (TPSA) is 74.8 Å². The molecule has 0 heterocycles. The third kappa shape index (κ3) is 10.3. The Hall–Kier alpha value is -1.46. The van der Waals surface area contributed by atoms with Gasteiger partial charge in [-0.15, -0.1) is 0 Å². The first-order valence-corrected chi connectivity index (χ1v) is 8.21. The van der Waals surface area contributed by atoms with Gasteiger partial charge in [0.1, 0.15) is 5.60 Å². The molecule has 0 aliphatic rings. The van der Waals surface area contributed by atoms with E-state index in [9.17, 15) is 4.79 Å². The summed E-state index contributed by atoms with van der Waals surface area (Å²) in [7, 11) is 0. The van der Waals surface area contributed by atoms with Gasteiger partial charge in [0.15, 0.2) is 5.96 Å². The zero-order valence-electron chi connectivity index (χ0n) is 15.2. The van der Waals surface area contributed by atoms with Crippen LogP contribution in [0.15, 0.2) is 4.99 Å². The molecule has 3 N–H and O–H groups in total. The summed E-state index contributed by atoms with van der Waals surface area (Å²) in [5.74, 6) is 1.05. The van der Waals surface area contributed by atoms with Crippen LogP contribution in [0.3, 0.4) is 0 Å². The van der Waals surface area contributed by atoms with E-state index in [1.165, 1.54) is 0 Å². The molecule has 0 spiro atoms. The molecule has 1 amide bonds. The van der Waals surface area contributed by atoms with Crippen LogP contribution in [-0.4, -0.2) is 43.3 Å². The van der Waals surface area contributed by atoms with Crippen LogP contribution in [0.2, 0.25) is 0 Å². The lowest BCUT2D eigenvalue weighted by Crippen LogP contribution is -2.45. The third-order valence-electron chi connectivity index (χ3n) is 2.84. The first-order chi connectivity index (χ1) is 10.2. The summed E-state index contributed by atoms with van der Waals surface area (Å²) in [5.41, 5.74) is -0.494. The molecule has 22 heavy (non-hydrogen) atoms. The van der Waals surface area contributed by atoms with Crippen molar-refractivity contribution >= 4 is 12.1 Å². The van der Waals surface area contributed by atoms with Crippen LogP contribution in [0.1, 0.15) is 54.9 Å². The minimum absolute atomic E-state index is 0.0630. The summed E-state index contributed by atoms with van der Waals surface area (Å²) in [4.78, 5) is 16.4. The molecule has 0 radical (unpaired) electrons. The lowest BCUT2D eigenvalue weighted by Gasteiger charge is -2.25. The Bertz CT molecular complexity index is 349. The average molecular weight is 314 g/mol. The van der Waals surface area contributed by atoms with E-state index >= 15 is 0 Å². The van der Waals surface area contributed by atoms with E-state index in [4.69, 9.17) is 4.74 Å². The monoisotopic (exact) mass is 314 g/mol. The van der Waals surface area contributed by atoms with Gasteiger partial charge in [-0.3, -0.25) is 4.99 Å². The number of rotatable bonds is 7. The number of hydrogen-bond donors (Lipinski definition) is 3. The fourth-order valence-corrected chi connectivity index (χ4v) is 1.66. The summed E-state index contributed by atoms with van der Waals surface area (Å²) in [5, 5.41) is 9.35. The molecule has 0 aliphatic heterocycles. The van der Waals surface area contributed by atoms with Crippen LogP contribution < -0.4 is 16.0 Å². The molecule has 0 bridgehead atoms. The van der Waals surface area contributed by atoms with Crippen LogP contribution in [-0.2, 0) is 4.74 Å². The number of aliphatic imine (C=N–C) groups is 1. The maximum absolute atomic E-state index is 11.9. The molecule has 0 aliphatic carbocycles. The summed E-state index contributed by atoms with van der Waals surface area (Å²) in [6.07, 6.45) is 0.640. The van der Waals surface area contributed by atoms with E-state index in [0.29, 0.717) is 6.54 Å². The highest BCUT2D eigenvalue weighted by Gasteiger charge is 2.21. The van der Waals surface area contributed by atoms with E-state index in [-0.39, 0.29) is 12.0 Å². The second-order valence-electron chi connectivity index (χ2n) is 6.64. The van der Waals surface area contributed by atoms with Gasteiger partial charge in [-0.25, -0.2) is 4.79 Å². The molecule has 6 nitrogen and oxygen atoms in total. The molecule has 0 saturated heterocycles. The highest BCUT2D eigenvalue weighted by atomic mass is 16.6. The summed E-state index contributed by atoms with van der Waals surface area (Å²) in [6.45, 7) is 16.0. The molecular weight excluding hydrogens is 280 g/mol. The van der Waals surface area contributed by atoms with E-state index < -0.39 is 11.7 Å². The second-order valence-corrected chi connectivity index (χ2v) is 6.64. The number of alkyl carbamates (subject to hydrolysis) is 1. The molecule has 0 aromatic carbocycles. The van der Waals surface area contributed by atoms with Crippen molar-refractivity contribution in [2.24, 2.45) is 10.9 Å². The number of guanidine groups is 1. The molecule has 0 aromatic heterocycles. The van der Waals surface area contributed by atoms with Crippen LogP contribution in [0, 0.1) is 5.92 Å². The van der Waals surface area contributed by atoms with Crippen LogP contribution >= 0.6 is 0 Å². The Labute approximate surface area is 135 Å². The van der Waals surface area contributed by atoms with E-state index in [1.807, 2.05) is 27.7 Å². The Morgan fingerprint density at radius 2 is 1.82 bits per heavy atom. The number of carbonyl (C=O) groups is 1. The number of nitrogens with zero attached hydrogens (tertiary/aromatic N) is 1. The zero-order valence-corrected chi connectivity index (χ0v) is 15.2. The van der Waals surface area contributed by atoms with Gasteiger partial charge in [0.05, 0.1) is 12.6 Å². The van der Waals surface area contributed by atoms with Crippen molar-refractivity contribution in [3.8, 4) is 0 Å². The van der Waals surface area contributed by atoms with Gasteiger partial charge in [-0.2, -0.15) is 0 Å². The van der Waals surface area contributed by atoms with Crippen molar-refractivity contribution in [3.05, 3.63) is 0 Å². The van der Waals surface area contributed by atoms with E-state index in [1.54, 1.807) is 0 Å². The van der Waals surface area contributed by atoms with E-state index in [0.717, 1.165) is 25.5 Å². The van der Waals surface area contributed by atoms with Crippen LogP contribution in [0.25, 0.3) is 0 Å². The van der Waals surface area contributed by atoms with Crippen LogP contribution in [0.4, 0.5) is 4.79 Å². The first-order valence-electron chi connectivity index (χ1n) is 8.21. The average Bonchev–Trinajstić information content (AvgIpc) is 2.37. The number of carbonyl (C=O) groups excluding carboxylic acids is 1. The predicted molar refractivity (Wildman–Crippen MR) is 92.3 cm³/mol. The Morgan fingerprint density at radius 1 is 1.18 bits per heavy atom. The predicted octanol–water partition coefficient (Wildman–Crippen LogP) is 2.50. The SMILES string of the molecule is CCCNC(=NCC(NC(=O)OC(C)(C)C)C(C)C)NCC. The van der Waals surface area contributed by atoms with Gasteiger partial charge in [0, 0.05) is 13.1 Å². The lowest BCUT2D eigenvalue weighted by atomic mass is 10.1. The third-order valence-corrected chi connectivity index (χ3v) is 2.84. The van der Waals surface area contributed by atoms with Crippen molar-refractivity contribution in [2.75, 3.05) is 19.6 Å². The Balaban J connectivity index is 4.64. The number of amides is 1. The summed E-state index contributed by atoms with van der Waals surface area (Å²) in [6, 6.07) is -0.0630. The normalized spacial score (nSPS) is 13.7. The Kier molecular flexibility index (Phi) is 9.61. The standard InChI is InChI=1S/C16H34N4O2/c1-8-10-18-14(17-9-2)19-11-13(12(3)4)20-15(21)22-16(5,6)7/h12-13H,8-11H2,1-7H3,(H,20,21)(H2,17,18,19). The lowest BCUT2D eigenvalue weighted by molar-refractivity contribution is 0.0493. The van der Waals surface area contributed by atoms with Gasteiger partial charge in [0.25, 0.3) is 0 Å². The second kappa shape index (κ2) is 10.3. The van der Waals surface area contributed by atoms with E-state index in [2.05, 4.69) is 41.7 Å². The Morgan fingerprint density at radius 3 is 2.27 bits per heavy atom. The molecule has 1 atom stereocenters. The smallest absolute Gasteiger partial charge is 0.407 e. The van der Waals surface area contributed by atoms with Gasteiger partial charge >= 0.3 is 6.09 Å². The molecule has 0 aromatic rings. The maximum atomic E-state index is 11.9. The minimum Gasteiger partial charge on any atom is -0.444 e. The highest BCUT2D eigenvalue weighted by Crippen LogP contribution is 2.09. The van der Waals surface area contributed by atoms with Crippen molar-refractivity contribution in [2.45, 2.75) is 66.5 Å². The number of hydrogen-bond acceptors (Lipinski definition) is 3. The number of nitrogens with one attached hydrogen (secondary N) is 3. The number of ether oxygens (including phenoxy) is 1. The molecule has 0 fully saturated rings. The molecule has 1 unspecified atom stereocenters. The fraction of sp³-hybridized carbons (Fsp3) is 0.875. The maximum Gasteiger partial charge on any atom is 0.407 e. The highest BCUT2D eigenvalue weighted by molar-refractivity contribution is 5.79. The van der Waals surface area contributed by atoms with Crippen molar-refractivity contribution in [3.63, 3.8) is 0 Å². The summed E-state index contributed by atoms with van der Waals surface area (Å²) < 4.78 is 5.31. The molecule has 0 saturated carbocycles. The van der Waals surface area contributed by atoms with Gasteiger partial charge < -0.3 is 20.7 Å². The van der Waals surface area contributed by atoms with Gasteiger partial charge in [-0.05, 0) is 40.0 Å². The molecular formula is C16H34N4O2. The fourth-order valence-electron chi connectivity index (χ4n) is 1.66. The van der Waals surface area contributed by atoms with Gasteiger partial charge in [-0.1, -0.05) is 20.8 Å².